The number of rotatable bonds is 10. The van der Waals surface area contributed by atoms with E-state index in [4.69, 9.17) is 13.9 Å². The van der Waals surface area contributed by atoms with Crippen molar-refractivity contribution in [1.29, 1.82) is 5.26 Å². The zero-order valence-electron chi connectivity index (χ0n) is 21.3. The fraction of sp³-hybridized carbons (Fsp3) is 0.414. The number of ether oxygens (including phenoxy) is 2. The van der Waals surface area contributed by atoms with Gasteiger partial charge in [0.1, 0.15) is 28.7 Å². The molecule has 194 valence electrons. The van der Waals surface area contributed by atoms with Crippen LogP contribution in [0.2, 0.25) is 0 Å². The van der Waals surface area contributed by atoms with Crippen LogP contribution in [0, 0.1) is 17.2 Å². The number of nitriles is 1. The summed E-state index contributed by atoms with van der Waals surface area (Å²) < 4.78 is 16.5. The molecule has 1 aliphatic rings. The van der Waals surface area contributed by atoms with E-state index in [0.717, 1.165) is 36.8 Å². The van der Waals surface area contributed by atoms with E-state index in [1.54, 1.807) is 26.2 Å². The Balaban J connectivity index is 1.54. The second-order valence-corrected chi connectivity index (χ2v) is 9.22. The van der Waals surface area contributed by atoms with Crippen LogP contribution in [0.15, 0.2) is 46.9 Å². The average molecular weight is 504 g/mol. The normalized spacial score (nSPS) is 14.5. The first kappa shape index (κ1) is 26.1. The van der Waals surface area contributed by atoms with Crippen LogP contribution in [-0.4, -0.2) is 32.1 Å². The van der Waals surface area contributed by atoms with E-state index in [0.29, 0.717) is 40.7 Å². The lowest BCUT2D eigenvalue weighted by Crippen LogP contribution is -2.26. The predicted octanol–water partition coefficient (Wildman–Crippen LogP) is 5.73. The van der Waals surface area contributed by atoms with Crippen molar-refractivity contribution < 1.29 is 23.5 Å². The number of benzene rings is 2. The fourth-order valence-electron chi connectivity index (χ4n) is 4.93. The Kier molecular flexibility index (Phi) is 8.68. The van der Waals surface area contributed by atoms with Gasteiger partial charge in [-0.3, -0.25) is 9.59 Å². The van der Waals surface area contributed by atoms with E-state index in [-0.39, 0.29) is 30.9 Å². The van der Waals surface area contributed by atoms with Gasteiger partial charge in [-0.25, -0.2) is 0 Å². The van der Waals surface area contributed by atoms with Crippen molar-refractivity contribution >= 4 is 28.5 Å². The second kappa shape index (κ2) is 12.3. The van der Waals surface area contributed by atoms with Crippen LogP contribution in [-0.2, 0) is 9.53 Å². The van der Waals surface area contributed by atoms with Crippen molar-refractivity contribution in [2.24, 2.45) is 5.92 Å². The molecule has 37 heavy (non-hydrogen) atoms. The molecule has 1 fully saturated rings. The monoisotopic (exact) mass is 503 g/mol. The number of hydrogen-bond donors (Lipinski definition) is 2. The standard InChI is InChI=1S/C29H33N3O5/c1-3-36-26(33)15-16-31-29(34)20-9-11-21(12-10-20)32-27(19-7-5-4-6-8-19)28-24(18-30)23-17-22(35-2)13-14-25(23)37-28/h9-14,17,19,27,32H,3-8,15-16H2,1-2H3,(H,31,34). The van der Waals surface area contributed by atoms with Crippen LogP contribution in [0.5, 0.6) is 5.75 Å². The number of carbonyl (C=O) groups excluding carboxylic acids is 2. The first-order valence-corrected chi connectivity index (χ1v) is 12.8. The van der Waals surface area contributed by atoms with Crippen molar-refractivity contribution in [3.63, 3.8) is 0 Å². The topological polar surface area (TPSA) is 114 Å². The van der Waals surface area contributed by atoms with E-state index in [9.17, 15) is 14.9 Å². The van der Waals surface area contributed by atoms with Crippen molar-refractivity contribution in [3.8, 4) is 11.8 Å². The minimum absolute atomic E-state index is 0.132. The van der Waals surface area contributed by atoms with Crippen LogP contribution in [0.25, 0.3) is 11.0 Å². The van der Waals surface area contributed by atoms with Crippen LogP contribution < -0.4 is 15.4 Å². The lowest BCUT2D eigenvalue weighted by Gasteiger charge is -2.30. The van der Waals surface area contributed by atoms with Gasteiger partial charge in [-0.15, -0.1) is 0 Å². The molecule has 0 spiro atoms. The highest BCUT2D eigenvalue weighted by atomic mass is 16.5. The first-order valence-electron chi connectivity index (χ1n) is 12.8. The van der Waals surface area contributed by atoms with Gasteiger partial charge in [0, 0.05) is 23.2 Å². The minimum Gasteiger partial charge on any atom is -0.497 e. The molecule has 2 N–H and O–H groups in total. The summed E-state index contributed by atoms with van der Waals surface area (Å²) in [5.41, 5.74) is 2.51. The number of hydrogen-bond acceptors (Lipinski definition) is 7. The molecule has 2 aromatic carbocycles. The Hall–Kier alpha value is -3.99. The molecular formula is C29H33N3O5. The molecule has 0 aliphatic heterocycles. The zero-order valence-corrected chi connectivity index (χ0v) is 21.3. The Bertz CT molecular complexity index is 1270. The van der Waals surface area contributed by atoms with Crippen LogP contribution in [0.4, 0.5) is 5.69 Å². The third-order valence-corrected chi connectivity index (χ3v) is 6.83. The Morgan fingerprint density at radius 1 is 1.14 bits per heavy atom. The number of esters is 1. The van der Waals surface area contributed by atoms with E-state index in [1.807, 2.05) is 30.3 Å². The Morgan fingerprint density at radius 2 is 1.89 bits per heavy atom. The lowest BCUT2D eigenvalue weighted by molar-refractivity contribution is -0.142. The molecule has 4 rings (SSSR count). The predicted molar refractivity (Wildman–Crippen MR) is 140 cm³/mol. The van der Waals surface area contributed by atoms with Gasteiger partial charge in [-0.1, -0.05) is 19.3 Å². The highest BCUT2D eigenvalue weighted by Gasteiger charge is 2.31. The minimum atomic E-state index is -0.336. The molecule has 1 heterocycles. The van der Waals surface area contributed by atoms with E-state index in [1.165, 1.54) is 6.42 Å². The summed E-state index contributed by atoms with van der Waals surface area (Å²) in [5, 5.41) is 17.2. The molecule has 1 atom stereocenters. The molecule has 8 heteroatoms. The van der Waals surface area contributed by atoms with Gasteiger partial charge < -0.3 is 24.5 Å². The number of nitrogens with zero attached hydrogens (tertiary/aromatic N) is 1. The summed E-state index contributed by atoms with van der Waals surface area (Å²) in [7, 11) is 1.60. The summed E-state index contributed by atoms with van der Waals surface area (Å²) in [6.45, 7) is 2.29. The van der Waals surface area contributed by atoms with E-state index < -0.39 is 0 Å². The smallest absolute Gasteiger partial charge is 0.307 e. The second-order valence-electron chi connectivity index (χ2n) is 9.22. The van der Waals surface area contributed by atoms with Crippen LogP contribution in [0.3, 0.4) is 0 Å². The zero-order chi connectivity index (χ0) is 26.2. The maximum Gasteiger partial charge on any atom is 0.307 e. The summed E-state index contributed by atoms with van der Waals surface area (Å²) in [5.74, 6) is 1.04. The third-order valence-electron chi connectivity index (χ3n) is 6.83. The molecule has 1 aliphatic carbocycles. The summed E-state index contributed by atoms with van der Waals surface area (Å²) in [4.78, 5) is 24.0. The van der Waals surface area contributed by atoms with Gasteiger partial charge in [0.15, 0.2) is 0 Å². The summed E-state index contributed by atoms with van der Waals surface area (Å²) in [6.07, 6.45) is 5.72. The number of furan rings is 1. The molecule has 1 saturated carbocycles. The van der Waals surface area contributed by atoms with Gasteiger partial charge in [0.25, 0.3) is 5.91 Å². The quantitative estimate of drug-likeness (QED) is 0.340. The average Bonchev–Trinajstić information content (AvgIpc) is 3.30. The number of fused-ring (bicyclic) bond motifs is 1. The number of amides is 1. The van der Waals surface area contributed by atoms with Crippen molar-refractivity contribution in [2.75, 3.05) is 25.6 Å². The number of nitrogens with one attached hydrogen (secondary N) is 2. The van der Waals surface area contributed by atoms with Crippen molar-refractivity contribution in [2.45, 2.75) is 51.5 Å². The molecule has 0 saturated heterocycles. The molecule has 1 aromatic heterocycles. The fourth-order valence-corrected chi connectivity index (χ4v) is 4.93. The van der Waals surface area contributed by atoms with Gasteiger partial charge in [0.2, 0.25) is 0 Å². The molecular weight excluding hydrogens is 470 g/mol. The molecule has 0 bridgehead atoms. The van der Waals surface area contributed by atoms with Gasteiger partial charge in [-0.05, 0) is 68.1 Å². The molecule has 8 nitrogen and oxygen atoms in total. The Labute approximate surface area is 216 Å². The van der Waals surface area contributed by atoms with Gasteiger partial charge in [0.05, 0.1) is 26.2 Å². The number of anilines is 1. The van der Waals surface area contributed by atoms with E-state index in [2.05, 4.69) is 16.7 Å². The van der Waals surface area contributed by atoms with Gasteiger partial charge >= 0.3 is 5.97 Å². The number of carbonyl (C=O) groups is 2. The molecule has 1 unspecified atom stereocenters. The highest BCUT2D eigenvalue weighted by Crippen LogP contribution is 2.41. The summed E-state index contributed by atoms with van der Waals surface area (Å²) >= 11 is 0. The highest BCUT2D eigenvalue weighted by molar-refractivity contribution is 5.94. The first-order chi connectivity index (χ1) is 18.0. The van der Waals surface area contributed by atoms with E-state index >= 15 is 0 Å². The molecule has 3 aromatic rings. The van der Waals surface area contributed by atoms with Crippen LogP contribution in [0.1, 0.15) is 73.2 Å². The Morgan fingerprint density at radius 3 is 2.57 bits per heavy atom. The third kappa shape index (κ3) is 6.23. The lowest BCUT2D eigenvalue weighted by atomic mass is 9.82. The maximum absolute atomic E-state index is 12.5. The number of methoxy groups -OCH3 is 1. The maximum atomic E-state index is 12.5. The summed E-state index contributed by atoms with van der Waals surface area (Å²) in [6, 6.07) is 14.9. The van der Waals surface area contributed by atoms with Crippen molar-refractivity contribution in [1.82, 2.24) is 5.32 Å². The van der Waals surface area contributed by atoms with Crippen molar-refractivity contribution in [3.05, 3.63) is 59.4 Å². The van der Waals surface area contributed by atoms with Gasteiger partial charge in [-0.2, -0.15) is 5.26 Å². The molecule has 0 radical (unpaired) electrons. The largest absolute Gasteiger partial charge is 0.497 e. The van der Waals surface area contributed by atoms with Crippen LogP contribution >= 0.6 is 0 Å². The SMILES string of the molecule is CCOC(=O)CCNC(=O)c1ccc(NC(c2oc3ccc(OC)cc3c2C#N)C2CCCCC2)cc1. The molecule has 1 amide bonds.